The molecule has 106 valence electrons. The van der Waals surface area contributed by atoms with Gasteiger partial charge < -0.3 is 5.32 Å². The molecule has 0 amide bonds. The van der Waals surface area contributed by atoms with Crippen LogP contribution in [0.15, 0.2) is 24.3 Å². The summed E-state index contributed by atoms with van der Waals surface area (Å²) >= 11 is 0. The highest BCUT2D eigenvalue weighted by atomic mass is 15.3. The summed E-state index contributed by atoms with van der Waals surface area (Å²) in [6, 6.07) is 8.75. The fraction of sp³-hybridized carbons (Fsp3) is 0.471. The van der Waals surface area contributed by atoms with Gasteiger partial charge in [0.05, 0.1) is 5.69 Å². The second kappa shape index (κ2) is 5.41. The van der Waals surface area contributed by atoms with Crippen molar-refractivity contribution in [3.8, 4) is 11.1 Å². The second-order valence-corrected chi connectivity index (χ2v) is 5.95. The Labute approximate surface area is 121 Å². The molecule has 3 heteroatoms. The maximum atomic E-state index is 4.76. The number of aryl methyl sites for hydroxylation is 2. The molecular weight excluding hydrogens is 246 g/mol. The van der Waals surface area contributed by atoms with Gasteiger partial charge in [-0.2, -0.15) is 5.10 Å². The molecule has 1 atom stereocenters. The maximum Gasteiger partial charge on any atom is 0.0674 e. The van der Waals surface area contributed by atoms with Crippen LogP contribution in [0.3, 0.4) is 0 Å². The molecule has 0 spiro atoms. The van der Waals surface area contributed by atoms with E-state index in [1.54, 1.807) is 0 Å². The molecule has 1 aliphatic rings. The van der Waals surface area contributed by atoms with Gasteiger partial charge in [0.25, 0.3) is 0 Å². The molecule has 0 bridgehead atoms. The van der Waals surface area contributed by atoms with Gasteiger partial charge in [-0.25, -0.2) is 0 Å². The minimum atomic E-state index is 0.721. The minimum absolute atomic E-state index is 0.721. The summed E-state index contributed by atoms with van der Waals surface area (Å²) in [7, 11) is 0. The third-order valence-electron chi connectivity index (χ3n) is 4.32. The molecule has 2 aromatic rings. The molecule has 20 heavy (non-hydrogen) atoms. The van der Waals surface area contributed by atoms with Crippen molar-refractivity contribution in [3.05, 3.63) is 41.2 Å². The van der Waals surface area contributed by atoms with Gasteiger partial charge >= 0.3 is 0 Å². The van der Waals surface area contributed by atoms with Crippen LogP contribution in [0.4, 0.5) is 0 Å². The van der Waals surface area contributed by atoms with Crippen LogP contribution in [0, 0.1) is 26.7 Å². The Bertz CT molecular complexity index is 589. The first-order valence-corrected chi connectivity index (χ1v) is 7.47. The Morgan fingerprint density at radius 3 is 2.60 bits per heavy atom. The number of rotatable bonds is 3. The zero-order valence-electron chi connectivity index (χ0n) is 12.6. The number of hydrogen-bond donors (Lipinski definition) is 1. The SMILES string of the molecule is Cc1ccc(-c2c(C)nn(CC3CCNC3)c2C)cc1. The first-order chi connectivity index (χ1) is 9.65. The molecule has 1 aromatic carbocycles. The van der Waals surface area contributed by atoms with Crippen LogP contribution in [-0.2, 0) is 6.54 Å². The minimum Gasteiger partial charge on any atom is -0.316 e. The number of nitrogens with zero attached hydrogens (tertiary/aromatic N) is 2. The van der Waals surface area contributed by atoms with Crippen LogP contribution in [0.5, 0.6) is 0 Å². The van der Waals surface area contributed by atoms with Crippen molar-refractivity contribution in [1.29, 1.82) is 0 Å². The van der Waals surface area contributed by atoms with E-state index >= 15 is 0 Å². The Hall–Kier alpha value is -1.61. The maximum absolute atomic E-state index is 4.76. The lowest BCUT2D eigenvalue weighted by molar-refractivity contribution is 0.441. The van der Waals surface area contributed by atoms with Crippen molar-refractivity contribution in [1.82, 2.24) is 15.1 Å². The molecular formula is C17H23N3. The summed E-state index contributed by atoms with van der Waals surface area (Å²) in [5, 5.41) is 8.19. The molecule has 1 N–H and O–H groups in total. The molecule has 1 saturated heterocycles. The van der Waals surface area contributed by atoms with Crippen molar-refractivity contribution in [2.75, 3.05) is 13.1 Å². The lowest BCUT2D eigenvalue weighted by Crippen LogP contribution is -2.16. The van der Waals surface area contributed by atoms with Gasteiger partial charge in [-0.15, -0.1) is 0 Å². The highest BCUT2D eigenvalue weighted by Gasteiger charge is 2.19. The average molecular weight is 269 g/mol. The van der Waals surface area contributed by atoms with E-state index in [4.69, 9.17) is 5.10 Å². The zero-order valence-corrected chi connectivity index (χ0v) is 12.6. The monoisotopic (exact) mass is 269 g/mol. The second-order valence-electron chi connectivity index (χ2n) is 5.95. The molecule has 1 aliphatic heterocycles. The average Bonchev–Trinajstić information content (AvgIpc) is 3.02. The fourth-order valence-electron chi connectivity index (χ4n) is 3.13. The Morgan fingerprint density at radius 2 is 1.95 bits per heavy atom. The van der Waals surface area contributed by atoms with E-state index in [1.807, 2.05) is 0 Å². The van der Waals surface area contributed by atoms with E-state index in [9.17, 15) is 0 Å². The van der Waals surface area contributed by atoms with Crippen LogP contribution in [0.2, 0.25) is 0 Å². The van der Waals surface area contributed by atoms with Crippen molar-refractivity contribution in [3.63, 3.8) is 0 Å². The van der Waals surface area contributed by atoms with E-state index in [2.05, 4.69) is 55.0 Å². The van der Waals surface area contributed by atoms with Crippen LogP contribution in [0.1, 0.15) is 23.4 Å². The lowest BCUT2D eigenvalue weighted by atomic mass is 10.0. The van der Waals surface area contributed by atoms with E-state index in [1.165, 1.54) is 28.8 Å². The summed E-state index contributed by atoms with van der Waals surface area (Å²) in [4.78, 5) is 0. The number of aromatic nitrogens is 2. The molecule has 1 unspecified atom stereocenters. The summed E-state index contributed by atoms with van der Waals surface area (Å²) in [5.74, 6) is 0.721. The van der Waals surface area contributed by atoms with Gasteiger partial charge in [-0.05, 0) is 51.8 Å². The molecule has 0 saturated carbocycles. The van der Waals surface area contributed by atoms with Crippen LogP contribution in [0.25, 0.3) is 11.1 Å². The Balaban J connectivity index is 1.91. The summed E-state index contributed by atoms with van der Waals surface area (Å²) in [5.41, 5.74) is 6.31. The van der Waals surface area contributed by atoms with Gasteiger partial charge in [0.2, 0.25) is 0 Å². The largest absolute Gasteiger partial charge is 0.316 e. The van der Waals surface area contributed by atoms with Gasteiger partial charge in [-0.3, -0.25) is 4.68 Å². The first kappa shape index (κ1) is 13.4. The van der Waals surface area contributed by atoms with E-state index < -0.39 is 0 Å². The summed E-state index contributed by atoms with van der Waals surface area (Å²) in [6.07, 6.45) is 1.26. The number of hydrogen-bond acceptors (Lipinski definition) is 2. The molecule has 0 aliphatic carbocycles. The molecule has 0 radical (unpaired) electrons. The van der Waals surface area contributed by atoms with Gasteiger partial charge in [-0.1, -0.05) is 29.8 Å². The summed E-state index contributed by atoms with van der Waals surface area (Å²) in [6.45, 7) is 9.74. The van der Waals surface area contributed by atoms with Crippen molar-refractivity contribution in [2.24, 2.45) is 5.92 Å². The van der Waals surface area contributed by atoms with Crippen LogP contribution in [-0.4, -0.2) is 22.9 Å². The van der Waals surface area contributed by atoms with E-state index in [0.717, 1.165) is 31.2 Å². The molecule has 1 aromatic heterocycles. The quantitative estimate of drug-likeness (QED) is 0.928. The molecule has 3 nitrogen and oxygen atoms in total. The highest BCUT2D eigenvalue weighted by molar-refractivity contribution is 5.68. The fourth-order valence-corrected chi connectivity index (χ4v) is 3.13. The zero-order chi connectivity index (χ0) is 14.1. The van der Waals surface area contributed by atoms with Gasteiger partial charge in [0.15, 0.2) is 0 Å². The predicted molar refractivity (Wildman–Crippen MR) is 82.9 cm³/mol. The van der Waals surface area contributed by atoms with Gasteiger partial charge in [0, 0.05) is 17.8 Å². The van der Waals surface area contributed by atoms with Crippen molar-refractivity contribution < 1.29 is 0 Å². The molecule has 1 fully saturated rings. The number of nitrogens with one attached hydrogen (secondary N) is 1. The lowest BCUT2D eigenvalue weighted by Gasteiger charge is -2.10. The predicted octanol–water partition coefficient (Wildman–Crippen LogP) is 3.08. The third-order valence-corrected chi connectivity index (χ3v) is 4.32. The third kappa shape index (κ3) is 2.50. The standard InChI is InChI=1S/C17H23N3/c1-12-4-6-16(7-5-12)17-13(2)19-20(14(17)3)11-15-8-9-18-10-15/h4-7,15,18H,8-11H2,1-3H3. The molecule has 3 rings (SSSR count). The normalized spacial score (nSPS) is 18.6. The summed E-state index contributed by atoms with van der Waals surface area (Å²) < 4.78 is 2.20. The van der Waals surface area contributed by atoms with Crippen LogP contribution < -0.4 is 5.32 Å². The smallest absolute Gasteiger partial charge is 0.0674 e. The molecule has 2 heterocycles. The van der Waals surface area contributed by atoms with Crippen LogP contribution >= 0.6 is 0 Å². The first-order valence-electron chi connectivity index (χ1n) is 7.47. The van der Waals surface area contributed by atoms with Crippen molar-refractivity contribution >= 4 is 0 Å². The number of benzene rings is 1. The Morgan fingerprint density at radius 1 is 1.20 bits per heavy atom. The van der Waals surface area contributed by atoms with E-state index in [0.29, 0.717) is 0 Å². The topological polar surface area (TPSA) is 29.9 Å². The van der Waals surface area contributed by atoms with E-state index in [-0.39, 0.29) is 0 Å². The van der Waals surface area contributed by atoms with Gasteiger partial charge in [0.1, 0.15) is 0 Å². The Kier molecular flexibility index (Phi) is 3.62. The highest BCUT2D eigenvalue weighted by Crippen LogP contribution is 2.28. The van der Waals surface area contributed by atoms with Crippen molar-refractivity contribution in [2.45, 2.75) is 33.7 Å².